The molecule has 0 saturated heterocycles. The average molecular weight is 347 g/mol. The Kier molecular flexibility index (Phi) is 7.23. The van der Waals surface area contributed by atoms with Crippen LogP contribution in [0.15, 0.2) is 46.1 Å². The van der Waals surface area contributed by atoms with E-state index in [2.05, 4.69) is 80.5 Å². The Morgan fingerprint density at radius 3 is 2.25 bits per heavy atom. The molecule has 2 atom stereocenters. The van der Waals surface area contributed by atoms with Crippen LogP contribution in [0.5, 0.6) is 0 Å². The Morgan fingerprint density at radius 1 is 1.21 bits per heavy atom. The smallest absolute Gasteiger partial charge is 0.0397 e. The Hall–Kier alpha value is -0.690. The number of thiol groups is 1. The Labute approximate surface area is 156 Å². The van der Waals surface area contributed by atoms with E-state index < -0.39 is 0 Å². The van der Waals surface area contributed by atoms with Gasteiger partial charge in [-0.25, -0.2) is 0 Å². The molecule has 1 rings (SSSR count). The first kappa shape index (κ1) is 21.4. The molecule has 0 aromatic carbocycles. The zero-order chi connectivity index (χ0) is 18.7. The number of hydrogen-bond donors (Lipinski definition) is 1. The van der Waals surface area contributed by atoms with Crippen molar-refractivity contribution >= 4 is 12.6 Å². The summed E-state index contributed by atoms with van der Waals surface area (Å²) in [5.41, 5.74) is 7.40. The van der Waals surface area contributed by atoms with Crippen molar-refractivity contribution in [3.05, 3.63) is 46.1 Å². The van der Waals surface area contributed by atoms with Gasteiger partial charge in [-0.05, 0) is 79.2 Å². The van der Waals surface area contributed by atoms with E-state index in [0.717, 1.165) is 19.3 Å². The second-order valence-electron chi connectivity index (χ2n) is 8.43. The van der Waals surface area contributed by atoms with E-state index in [-0.39, 0.29) is 10.2 Å². The van der Waals surface area contributed by atoms with Crippen molar-refractivity contribution in [2.45, 2.75) is 86.3 Å². The molecule has 0 fully saturated rings. The minimum Gasteiger partial charge on any atom is -0.167 e. The summed E-state index contributed by atoms with van der Waals surface area (Å²) in [6.07, 6.45) is 10.3. The first-order valence-electron chi connectivity index (χ1n) is 9.49. The zero-order valence-corrected chi connectivity index (χ0v) is 18.3. The molecule has 0 aromatic rings. The van der Waals surface area contributed by atoms with Gasteiger partial charge in [0.2, 0.25) is 0 Å². The molecule has 0 heterocycles. The molecule has 0 saturated carbocycles. The zero-order valence-electron chi connectivity index (χ0n) is 17.4. The van der Waals surface area contributed by atoms with Crippen LogP contribution in [-0.2, 0) is 0 Å². The molecule has 0 amide bonds. The van der Waals surface area contributed by atoms with Crippen LogP contribution in [0.2, 0.25) is 0 Å². The summed E-state index contributed by atoms with van der Waals surface area (Å²) in [6.45, 7) is 20.6. The lowest BCUT2D eigenvalue weighted by Crippen LogP contribution is -2.37. The lowest BCUT2D eigenvalue weighted by Gasteiger charge is -2.41. The van der Waals surface area contributed by atoms with E-state index in [4.69, 9.17) is 12.6 Å². The molecule has 136 valence electrons. The molecule has 0 spiro atoms. The van der Waals surface area contributed by atoms with Gasteiger partial charge in [0, 0.05) is 4.75 Å². The van der Waals surface area contributed by atoms with Crippen LogP contribution in [-0.4, -0.2) is 4.75 Å². The minimum absolute atomic E-state index is 0.0959. The van der Waals surface area contributed by atoms with Crippen LogP contribution >= 0.6 is 12.6 Å². The van der Waals surface area contributed by atoms with Gasteiger partial charge in [0.25, 0.3) is 0 Å². The monoisotopic (exact) mass is 346 g/mol. The fourth-order valence-electron chi connectivity index (χ4n) is 3.59. The van der Waals surface area contributed by atoms with Crippen molar-refractivity contribution in [2.24, 2.45) is 11.3 Å². The fourth-order valence-corrected chi connectivity index (χ4v) is 3.85. The summed E-state index contributed by atoms with van der Waals surface area (Å²) in [7, 11) is 0. The van der Waals surface area contributed by atoms with Crippen LogP contribution in [0.25, 0.3) is 0 Å². The summed E-state index contributed by atoms with van der Waals surface area (Å²) in [6, 6.07) is 0. The molecule has 0 nitrogen and oxygen atoms in total. The predicted molar refractivity (Wildman–Crippen MR) is 114 cm³/mol. The highest BCUT2D eigenvalue weighted by atomic mass is 32.1. The van der Waals surface area contributed by atoms with E-state index in [0.29, 0.717) is 5.92 Å². The van der Waals surface area contributed by atoms with Crippen LogP contribution in [0.1, 0.15) is 81.6 Å². The predicted octanol–water partition coefficient (Wildman–Crippen LogP) is 7.70. The van der Waals surface area contributed by atoms with Gasteiger partial charge in [-0.1, -0.05) is 59.8 Å². The largest absolute Gasteiger partial charge is 0.167 e. The maximum absolute atomic E-state index is 5.13. The highest BCUT2D eigenvalue weighted by Gasteiger charge is 2.38. The third-order valence-electron chi connectivity index (χ3n) is 5.79. The molecule has 1 aliphatic rings. The van der Waals surface area contributed by atoms with Gasteiger partial charge in [0.05, 0.1) is 0 Å². The van der Waals surface area contributed by atoms with Crippen molar-refractivity contribution in [3.63, 3.8) is 0 Å². The molecule has 1 heteroatoms. The second kappa shape index (κ2) is 8.13. The molecule has 1 aliphatic carbocycles. The molecule has 2 unspecified atom stereocenters. The first-order valence-corrected chi connectivity index (χ1v) is 9.94. The third kappa shape index (κ3) is 4.28. The molecule has 0 aliphatic heterocycles. The van der Waals surface area contributed by atoms with Gasteiger partial charge in [0.15, 0.2) is 0 Å². The molecule has 24 heavy (non-hydrogen) atoms. The highest BCUT2D eigenvalue weighted by molar-refractivity contribution is 7.82. The summed E-state index contributed by atoms with van der Waals surface area (Å²) in [5.74, 6) is 0.601. The van der Waals surface area contributed by atoms with E-state index in [9.17, 15) is 0 Å². The van der Waals surface area contributed by atoms with Gasteiger partial charge in [-0.3, -0.25) is 0 Å². The van der Waals surface area contributed by atoms with Crippen molar-refractivity contribution in [1.82, 2.24) is 0 Å². The summed E-state index contributed by atoms with van der Waals surface area (Å²) < 4.78 is -0.158. The SMILES string of the molecule is CC/C=C(\C(C)=C(/C)C1=C(CC)C=CCC1C)C(C)(S)C(C)(C)C. The molecule has 0 radical (unpaired) electrons. The van der Waals surface area contributed by atoms with E-state index in [1.807, 2.05) is 0 Å². The summed E-state index contributed by atoms with van der Waals surface area (Å²) in [5, 5.41) is 0. The van der Waals surface area contributed by atoms with Gasteiger partial charge >= 0.3 is 0 Å². The van der Waals surface area contributed by atoms with Crippen molar-refractivity contribution in [3.8, 4) is 0 Å². The van der Waals surface area contributed by atoms with Gasteiger partial charge in [0.1, 0.15) is 0 Å². The summed E-state index contributed by atoms with van der Waals surface area (Å²) >= 11 is 5.13. The van der Waals surface area contributed by atoms with Crippen molar-refractivity contribution < 1.29 is 0 Å². The number of rotatable bonds is 5. The van der Waals surface area contributed by atoms with Crippen molar-refractivity contribution in [2.75, 3.05) is 0 Å². The lowest BCUT2D eigenvalue weighted by atomic mass is 9.72. The Bertz CT molecular complexity index is 574. The van der Waals surface area contributed by atoms with E-state index in [1.165, 1.54) is 22.3 Å². The highest BCUT2D eigenvalue weighted by Crippen LogP contribution is 2.46. The topological polar surface area (TPSA) is 0 Å². The van der Waals surface area contributed by atoms with Crippen molar-refractivity contribution in [1.29, 1.82) is 0 Å². The Balaban J connectivity index is 3.55. The molecule has 0 N–H and O–H groups in total. The standard InChI is InChI=1S/C23H38S/c1-10-13-20(23(9,24)22(6,7)8)17(4)18(5)21-16(3)14-12-15-19(21)11-2/h12-13,15-16,24H,10-11,14H2,1-9H3/b18-17+,20-13+. The lowest BCUT2D eigenvalue weighted by molar-refractivity contribution is 0.338. The van der Waals surface area contributed by atoms with Crippen LogP contribution in [0.4, 0.5) is 0 Å². The fraction of sp³-hybridized carbons (Fsp3) is 0.652. The van der Waals surface area contributed by atoms with Crippen LogP contribution < -0.4 is 0 Å². The maximum atomic E-state index is 5.13. The molecular weight excluding hydrogens is 308 g/mol. The maximum Gasteiger partial charge on any atom is 0.0397 e. The summed E-state index contributed by atoms with van der Waals surface area (Å²) in [4.78, 5) is 0. The number of allylic oxidation sites excluding steroid dienone is 7. The molecule has 0 bridgehead atoms. The number of hydrogen-bond acceptors (Lipinski definition) is 1. The van der Waals surface area contributed by atoms with Crippen LogP contribution in [0, 0.1) is 11.3 Å². The Morgan fingerprint density at radius 2 is 1.79 bits per heavy atom. The molecular formula is C23H38S. The molecule has 0 aromatic heterocycles. The van der Waals surface area contributed by atoms with E-state index in [1.54, 1.807) is 5.57 Å². The van der Waals surface area contributed by atoms with E-state index >= 15 is 0 Å². The normalized spacial score (nSPS) is 23.2. The minimum atomic E-state index is -0.158. The van der Waals surface area contributed by atoms with Gasteiger partial charge in [-0.15, -0.1) is 0 Å². The average Bonchev–Trinajstić information content (AvgIpc) is 2.49. The van der Waals surface area contributed by atoms with Crippen LogP contribution in [0.3, 0.4) is 0 Å². The van der Waals surface area contributed by atoms with Gasteiger partial charge in [-0.2, -0.15) is 12.6 Å². The first-order chi connectivity index (χ1) is 11.0. The second-order valence-corrected chi connectivity index (χ2v) is 9.32. The third-order valence-corrected chi connectivity index (χ3v) is 6.70. The quantitative estimate of drug-likeness (QED) is 0.382. The van der Waals surface area contributed by atoms with Gasteiger partial charge < -0.3 is 0 Å².